The molecule has 0 saturated heterocycles. The van der Waals surface area contributed by atoms with E-state index in [1.165, 1.54) is 7.11 Å². The molecule has 1 amide bonds. The first-order valence-corrected chi connectivity index (χ1v) is 8.15. The molecule has 25 heavy (non-hydrogen) atoms. The van der Waals surface area contributed by atoms with Crippen molar-refractivity contribution in [3.63, 3.8) is 0 Å². The molecule has 0 aliphatic carbocycles. The van der Waals surface area contributed by atoms with E-state index in [4.69, 9.17) is 37.9 Å². The number of nitrogens with zero attached hydrogens (tertiary/aromatic N) is 1. The van der Waals surface area contributed by atoms with Gasteiger partial charge in [-0.05, 0) is 36.8 Å². The van der Waals surface area contributed by atoms with Crippen LogP contribution in [0.25, 0.3) is 0 Å². The van der Waals surface area contributed by atoms with E-state index in [0.717, 1.165) is 5.56 Å². The minimum Gasteiger partial charge on any atom is -0.493 e. The summed E-state index contributed by atoms with van der Waals surface area (Å²) in [5.74, 6) is 0.458. The van der Waals surface area contributed by atoms with E-state index in [0.29, 0.717) is 27.1 Å². The van der Waals surface area contributed by atoms with Gasteiger partial charge in [-0.1, -0.05) is 29.3 Å². The first-order valence-electron chi connectivity index (χ1n) is 7.40. The van der Waals surface area contributed by atoms with Crippen LogP contribution in [0.2, 0.25) is 10.0 Å². The van der Waals surface area contributed by atoms with Gasteiger partial charge in [-0.15, -0.1) is 0 Å². The second-order valence-corrected chi connectivity index (χ2v) is 6.06. The molecular formula is C18H16Cl2N2O3. The molecule has 0 saturated carbocycles. The highest BCUT2D eigenvalue weighted by Crippen LogP contribution is 2.28. The normalized spacial score (nSPS) is 11.3. The third-order valence-corrected chi connectivity index (χ3v) is 4.02. The van der Waals surface area contributed by atoms with Gasteiger partial charge in [-0.3, -0.25) is 4.79 Å². The average molecular weight is 379 g/mol. The lowest BCUT2D eigenvalue weighted by Gasteiger charge is -2.17. The van der Waals surface area contributed by atoms with Gasteiger partial charge >= 0.3 is 0 Å². The van der Waals surface area contributed by atoms with Crippen molar-refractivity contribution >= 4 is 29.1 Å². The lowest BCUT2D eigenvalue weighted by atomic mass is 10.1. The van der Waals surface area contributed by atoms with Gasteiger partial charge < -0.3 is 14.8 Å². The fraction of sp³-hybridized carbons (Fsp3) is 0.222. The van der Waals surface area contributed by atoms with Crippen molar-refractivity contribution in [2.24, 2.45) is 0 Å². The molecule has 2 aromatic carbocycles. The number of nitrogens with one attached hydrogen (secondary N) is 1. The maximum absolute atomic E-state index is 12.1. The molecule has 1 N–H and O–H groups in total. The molecule has 130 valence electrons. The molecule has 0 aromatic heterocycles. The van der Waals surface area contributed by atoms with Crippen LogP contribution in [0.4, 0.5) is 0 Å². The van der Waals surface area contributed by atoms with Gasteiger partial charge in [0.15, 0.2) is 18.1 Å². The van der Waals surface area contributed by atoms with Crippen LogP contribution < -0.4 is 14.8 Å². The summed E-state index contributed by atoms with van der Waals surface area (Å²) in [5, 5.41) is 12.7. The van der Waals surface area contributed by atoms with Gasteiger partial charge in [0.2, 0.25) is 0 Å². The molecule has 0 fully saturated rings. The molecule has 2 rings (SSSR count). The molecule has 0 spiro atoms. The molecule has 1 atom stereocenters. The fourth-order valence-electron chi connectivity index (χ4n) is 2.21. The lowest BCUT2D eigenvalue weighted by molar-refractivity contribution is -0.123. The minimum atomic E-state index is -0.315. The first-order chi connectivity index (χ1) is 11.9. The molecule has 0 radical (unpaired) electrons. The van der Waals surface area contributed by atoms with Gasteiger partial charge in [0.05, 0.1) is 24.8 Å². The van der Waals surface area contributed by atoms with E-state index in [1.807, 2.05) is 13.0 Å². The smallest absolute Gasteiger partial charge is 0.258 e. The molecule has 0 aliphatic heterocycles. The zero-order valence-electron chi connectivity index (χ0n) is 13.7. The molecule has 2 aromatic rings. The van der Waals surface area contributed by atoms with Crippen LogP contribution in [0.15, 0.2) is 36.4 Å². The van der Waals surface area contributed by atoms with E-state index in [9.17, 15) is 4.79 Å². The van der Waals surface area contributed by atoms with Crippen LogP contribution in [0.1, 0.15) is 24.1 Å². The van der Waals surface area contributed by atoms with Gasteiger partial charge in [0.25, 0.3) is 5.91 Å². The molecule has 0 heterocycles. The van der Waals surface area contributed by atoms with Crippen molar-refractivity contribution in [1.29, 1.82) is 5.26 Å². The van der Waals surface area contributed by atoms with Crippen molar-refractivity contribution in [1.82, 2.24) is 5.32 Å². The van der Waals surface area contributed by atoms with Gasteiger partial charge in [-0.25, -0.2) is 0 Å². The number of amides is 1. The third-order valence-electron chi connectivity index (χ3n) is 3.46. The van der Waals surface area contributed by atoms with Crippen LogP contribution in [0, 0.1) is 11.3 Å². The zero-order chi connectivity index (χ0) is 18.4. The Kier molecular flexibility index (Phi) is 6.51. The van der Waals surface area contributed by atoms with Crippen LogP contribution >= 0.6 is 23.2 Å². The van der Waals surface area contributed by atoms with E-state index >= 15 is 0 Å². The highest BCUT2D eigenvalue weighted by atomic mass is 35.5. The summed E-state index contributed by atoms with van der Waals surface area (Å²) >= 11 is 12.0. The van der Waals surface area contributed by atoms with Crippen LogP contribution in [-0.4, -0.2) is 19.6 Å². The Balaban J connectivity index is 1.98. The van der Waals surface area contributed by atoms with Crippen LogP contribution in [0.3, 0.4) is 0 Å². The van der Waals surface area contributed by atoms with E-state index in [2.05, 4.69) is 5.32 Å². The molecule has 5 nitrogen and oxygen atoms in total. The van der Waals surface area contributed by atoms with E-state index in [-0.39, 0.29) is 18.6 Å². The van der Waals surface area contributed by atoms with Crippen molar-refractivity contribution in [2.45, 2.75) is 13.0 Å². The summed E-state index contributed by atoms with van der Waals surface area (Å²) in [7, 11) is 1.47. The van der Waals surface area contributed by atoms with Crippen LogP contribution in [0.5, 0.6) is 11.5 Å². The molecule has 7 heteroatoms. The number of rotatable bonds is 6. The van der Waals surface area contributed by atoms with Crippen molar-refractivity contribution in [2.75, 3.05) is 13.7 Å². The number of hydrogen-bond donors (Lipinski definition) is 1. The van der Waals surface area contributed by atoms with Crippen LogP contribution in [-0.2, 0) is 4.79 Å². The maximum Gasteiger partial charge on any atom is 0.258 e. The monoisotopic (exact) mass is 378 g/mol. The van der Waals surface area contributed by atoms with Crippen molar-refractivity contribution in [3.05, 3.63) is 57.6 Å². The number of ether oxygens (including phenoxy) is 2. The van der Waals surface area contributed by atoms with Gasteiger partial charge in [0.1, 0.15) is 0 Å². The first kappa shape index (κ1) is 18.9. The highest BCUT2D eigenvalue weighted by molar-refractivity contribution is 6.35. The molecular weight excluding hydrogens is 363 g/mol. The maximum atomic E-state index is 12.1. The number of methoxy groups -OCH3 is 1. The number of hydrogen-bond acceptors (Lipinski definition) is 4. The number of benzene rings is 2. The van der Waals surface area contributed by atoms with E-state index < -0.39 is 0 Å². The Morgan fingerprint density at radius 2 is 2.00 bits per heavy atom. The third kappa shape index (κ3) is 5.02. The van der Waals surface area contributed by atoms with E-state index in [1.54, 1.807) is 36.4 Å². The summed E-state index contributed by atoms with van der Waals surface area (Å²) in [4.78, 5) is 12.1. The number of nitriles is 1. The topological polar surface area (TPSA) is 71.3 Å². The highest BCUT2D eigenvalue weighted by Gasteiger charge is 2.14. The summed E-state index contributed by atoms with van der Waals surface area (Å²) in [6, 6.07) is 11.5. The minimum absolute atomic E-state index is 0.197. The number of carbonyl (C=O) groups excluding carboxylic acids is 1. The van der Waals surface area contributed by atoms with Gasteiger partial charge in [0, 0.05) is 16.1 Å². The summed E-state index contributed by atoms with van der Waals surface area (Å²) in [6.07, 6.45) is 0. The van der Waals surface area contributed by atoms with Gasteiger partial charge in [-0.2, -0.15) is 5.26 Å². The summed E-state index contributed by atoms with van der Waals surface area (Å²) in [6.45, 7) is 1.62. The molecule has 0 unspecified atom stereocenters. The zero-order valence-corrected chi connectivity index (χ0v) is 15.2. The Morgan fingerprint density at radius 1 is 1.24 bits per heavy atom. The number of halogens is 2. The van der Waals surface area contributed by atoms with Crippen molar-refractivity contribution in [3.8, 4) is 17.6 Å². The standard InChI is InChI=1S/C18H16Cl2N2O3/c1-11(14-5-4-13(19)8-15(14)20)22-18(23)10-25-16-6-3-12(9-21)7-17(16)24-2/h3-8,11H,10H2,1-2H3,(H,22,23)/t11-/m0/s1. The van der Waals surface area contributed by atoms with Crippen molar-refractivity contribution < 1.29 is 14.3 Å². The second-order valence-electron chi connectivity index (χ2n) is 5.22. The predicted octanol–water partition coefficient (Wildman–Crippen LogP) is 4.13. The number of carbonyl (C=O) groups is 1. The molecule has 0 aliphatic rings. The quantitative estimate of drug-likeness (QED) is 0.819. The Hall–Kier alpha value is -2.42. The summed E-state index contributed by atoms with van der Waals surface area (Å²) < 4.78 is 10.6. The Morgan fingerprint density at radius 3 is 2.64 bits per heavy atom. The average Bonchev–Trinajstić information content (AvgIpc) is 2.59. The predicted molar refractivity (Wildman–Crippen MR) is 96.2 cm³/mol. The fourth-order valence-corrected chi connectivity index (χ4v) is 2.79. The summed E-state index contributed by atoms with van der Waals surface area (Å²) in [5.41, 5.74) is 1.20. The Labute approximate surface area is 156 Å². The Bertz CT molecular complexity index is 818. The SMILES string of the molecule is COc1cc(C#N)ccc1OCC(=O)N[C@@H](C)c1ccc(Cl)cc1Cl. The molecule has 0 bridgehead atoms. The lowest BCUT2D eigenvalue weighted by Crippen LogP contribution is -2.31. The second kappa shape index (κ2) is 8.61. The largest absolute Gasteiger partial charge is 0.493 e.